The Morgan fingerprint density at radius 2 is 2.11 bits per heavy atom. The molecule has 0 unspecified atom stereocenters. The Morgan fingerprint density at radius 3 is 2.84 bits per heavy atom. The van der Waals surface area contributed by atoms with Gasteiger partial charge in [-0.05, 0) is 56.6 Å². The van der Waals surface area contributed by atoms with Crippen molar-refractivity contribution in [2.24, 2.45) is 0 Å². The fourth-order valence-corrected chi connectivity index (χ4v) is 3.77. The predicted molar refractivity (Wildman–Crippen MR) is 78.9 cm³/mol. The van der Waals surface area contributed by atoms with E-state index in [-0.39, 0.29) is 12.5 Å². The lowest BCUT2D eigenvalue weighted by Crippen LogP contribution is -2.27. The molecule has 1 aliphatic carbocycles. The molecule has 3 nitrogen and oxygen atoms in total. The minimum absolute atomic E-state index is 0.156. The number of rotatable bonds is 6. The van der Waals surface area contributed by atoms with Crippen LogP contribution in [-0.2, 0) is 12.8 Å². The smallest absolute Gasteiger partial charge is 0.263 e. The zero-order valence-corrected chi connectivity index (χ0v) is 12.5. The molecule has 19 heavy (non-hydrogen) atoms. The van der Waals surface area contributed by atoms with Gasteiger partial charge in [0, 0.05) is 25.1 Å². The van der Waals surface area contributed by atoms with E-state index in [2.05, 4.69) is 6.07 Å². The third kappa shape index (κ3) is 3.80. The lowest BCUT2D eigenvalue weighted by Gasteiger charge is -2.15. The number of unbranched alkanes of at least 4 members (excludes halogenated alkanes) is 2. The molecule has 0 fully saturated rings. The van der Waals surface area contributed by atoms with Crippen LogP contribution < -0.4 is 0 Å². The molecule has 0 atom stereocenters. The fourth-order valence-electron chi connectivity index (χ4n) is 2.52. The Labute approximate surface area is 119 Å². The normalized spacial score (nSPS) is 14.2. The summed E-state index contributed by atoms with van der Waals surface area (Å²) in [7, 11) is 1.87. The first-order valence-electron chi connectivity index (χ1n) is 7.20. The predicted octanol–water partition coefficient (Wildman–Crippen LogP) is 2.86. The first kappa shape index (κ1) is 14.5. The molecular weight excluding hydrogens is 258 g/mol. The average molecular weight is 281 g/mol. The van der Waals surface area contributed by atoms with Gasteiger partial charge in [-0.1, -0.05) is 0 Å². The van der Waals surface area contributed by atoms with E-state index in [1.54, 1.807) is 11.3 Å². The van der Waals surface area contributed by atoms with Crippen LogP contribution in [0.5, 0.6) is 0 Å². The Balaban J connectivity index is 1.89. The lowest BCUT2D eigenvalue weighted by molar-refractivity contribution is 0.0797. The Kier molecular flexibility index (Phi) is 5.40. The van der Waals surface area contributed by atoms with E-state index in [9.17, 15) is 4.79 Å². The number of carbonyl (C=O) groups is 1. The number of thiophene rings is 1. The number of aliphatic hydroxyl groups excluding tert-OH is 1. The molecule has 1 N–H and O–H groups in total. The van der Waals surface area contributed by atoms with E-state index in [4.69, 9.17) is 5.11 Å². The Hall–Kier alpha value is -0.870. The molecule has 0 radical (unpaired) electrons. The van der Waals surface area contributed by atoms with Crippen molar-refractivity contribution < 1.29 is 9.90 Å². The van der Waals surface area contributed by atoms with Crippen LogP contribution in [0.15, 0.2) is 6.07 Å². The highest BCUT2D eigenvalue weighted by atomic mass is 32.1. The number of hydrogen-bond donors (Lipinski definition) is 1. The molecule has 0 saturated heterocycles. The van der Waals surface area contributed by atoms with Crippen LogP contribution in [0.4, 0.5) is 0 Å². The molecule has 1 amide bonds. The van der Waals surface area contributed by atoms with Crippen molar-refractivity contribution in [2.45, 2.75) is 44.9 Å². The molecule has 1 aromatic heterocycles. The molecule has 0 aromatic carbocycles. The number of hydrogen-bond acceptors (Lipinski definition) is 3. The lowest BCUT2D eigenvalue weighted by atomic mass is 9.99. The number of carbonyl (C=O) groups excluding carboxylic acids is 1. The molecule has 0 saturated carbocycles. The summed E-state index contributed by atoms with van der Waals surface area (Å²) in [6.45, 7) is 1.02. The second kappa shape index (κ2) is 7.06. The van der Waals surface area contributed by atoms with Gasteiger partial charge in [-0.2, -0.15) is 0 Å². The molecule has 0 bridgehead atoms. The zero-order chi connectivity index (χ0) is 13.7. The summed E-state index contributed by atoms with van der Waals surface area (Å²) in [5, 5.41) is 8.73. The number of fused-ring (bicyclic) bond motifs is 1. The molecular formula is C15H23NO2S. The molecule has 0 spiro atoms. The summed E-state index contributed by atoms with van der Waals surface area (Å²) < 4.78 is 0. The topological polar surface area (TPSA) is 40.5 Å². The second-order valence-corrected chi connectivity index (χ2v) is 6.41. The van der Waals surface area contributed by atoms with Crippen LogP contribution in [-0.4, -0.2) is 36.1 Å². The zero-order valence-electron chi connectivity index (χ0n) is 11.7. The largest absolute Gasteiger partial charge is 0.396 e. The van der Waals surface area contributed by atoms with Gasteiger partial charge < -0.3 is 10.0 Å². The standard InChI is InChI=1S/C15H23NO2S/c1-16(9-5-2-6-10-17)15(18)14-11-12-7-3-4-8-13(12)19-14/h11,17H,2-10H2,1H3. The van der Waals surface area contributed by atoms with Gasteiger partial charge in [0.25, 0.3) is 5.91 Å². The van der Waals surface area contributed by atoms with E-state index in [0.29, 0.717) is 0 Å². The van der Waals surface area contributed by atoms with E-state index in [0.717, 1.165) is 43.5 Å². The first-order valence-corrected chi connectivity index (χ1v) is 8.02. The fraction of sp³-hybridized carbons (Fsp3) is 0.667. The monoisotopic (exact) mass is 281 g/mol. The van der Waals surface area contributed by atoms with Crippen LogP contribution in [0.1, 0.15) is 52.2 Å². The molecule has 1 heterocycles. The summed E-state index contributed by atoms with van der Waals surface area (Å²) in [5.74, 6) is 0.156. The van der Waals surface area contributed by atoms with Crippen molar-refractivity contribution in [3.8, 4) is 0 Å². The van der Waals surface area contributed by atoms with Gasteiger partial charge in [-0.15, -0.1) is 11.3 Å². The van der Waals surface area contributed by atoms with Gasteiger partial charge in [0.05, 0.1) is 4.88 Å². The first-order chi connectivity index (χ1) is 9.22. The highest BCUT2D eigenvalue weighted by Gasteiger charge is 2.19. The molecule has 1 aliphatic rings. The highest BCUT2D eigenvalue weighted by molar-refractivity contribution is 7.14. The van der Waals surface area contributed by atoms with Gasteiger partial charge in [0.15, 0.2) is 0 Å². The maximum absolute atomic E-state index is 12.3. The summed E-state index contributed by atoms with van der Waals surface area (Å²) in [6, 6.07) is 2.10. The van der Waals surface area contributed by atoms with Crippen LogP contribution in [0.3, 0.4) is 0 Å². The maximum atomic E-state index is 12.3. The van der Waals surface area contributed by atoms with E-state index < -0.39 is 0 Å². The Morgan fingerprint density at radius 1 is 1.32 bits per heavy atom. The summed E-state index contributed by atoms with van der Waals surface area (Å²) in [6.07, 6.45) is 7.58. The van der Waals surface area contributed by atoms with Crippen molar-refractivity contribution in [1.29, 1.82) is 0 Å². The number of amides is 1. The van der Waals surface area contributed by atoms with Crippen molar-refractivity contribution in [1.82, 2.24) is 4.90 Å². The quantitative estimate of drug-likeness (QED) is 0.815. The van der Waals surface area contributed by atoms with Crippen molar-refractivity contribution >= 4 is 17.2 Å². The average Bonchev–Trinajstić information content (AvgIpc) is 2.86. The van der Waals surface area contributed by atoms with Crippen LogP contribution in [0.25, 0.3) is 0 Å². The van der Waals surface area contributed by atoms with E-state index in [1.807, 2.05) is 11.9 Å². The van der Waals surface area contributed by atoms with Crippen molar-refractivity contribution in [3.63, 3.8) is 0 Å². The third-order valence-electron chi connectivity index (χ3n) is 3.71. The third-order valence-corrected chi connectivity index (χ3v) is 4.93. The van der Waals surface area contributed by atoms with E-state index in [1.165, 1.54) is 23.3 Å². The highest BCUT2D eigenvalue weighted by Crippen LogP contribution is 2.30. The molecule has 106 valence electrons. The van der Waals surface area contributed by atoms with Crippen LogP contribution >= 0.6 is 11.3 Å². The van der Waals surface area contributed by atoms with Gasteiger partial charge in [-0.3, -0.25) is 4.79 Å². The van der Waals surface area contributed by atoms with Crippen molar-refractivity contribution in [3.05, 3.63) is 21.4 Å². The molecule has 1 aromatic rings. The molecule has 2 rings (SSSR count). The molecule has 0 aliphatic heterocycles. The number of aliphatic hydroxyl groups is 1. The van der Waals surface area contributed by atoms with Gasteiger partial charge in [-0.25, -0.2) is 0 Å². The van der Waals surface area contributed by atoms with Crippen LogP contribution in [0, 0.1) is 0 Å². The molecule has 4 heteroatoms. The number of aryl methyl sites for hydroxylation is 2. The SMILES string of the molecule is CN(CCCCCO)C(=O)c1cc2c(s1)CCCC2. The summed E-state index contributed by atoms with van der Waals surface area (Å²) in [4.78, 5) is 16.4. The van der Waals surface area contributed by atoms with Crippen LogP contribution in [0.2, 0.25) is 0 Å². The summed E-state index contributed by atoms with van der Waals surface area (Å²) >= 11 is 1.68. The summed E-state index contributed by atoms with van der Waals surface area (Å²) in [5.41, 5.74) is 1.40. The Bertz CT molecular complexity index is 404. The van der Waals surface area contributed by atoms with Gasteiger partial charge >= 0.3 is 0 Å². The van der Waals surface area contributed by atoms with Gasteiger partial charge in [0.1, 0.15) is 0 Å². The maximum Gasteiger partial charge on any atom is 0.263 e. The van der Waals surface area contributed by atoms with Gasteiger partial charge in [0.2, 0.25) is 0 Å². The minimum Gasteiger partial charge on any atom is -0.396 e. The van der Waals surface area contributed by atoms with Crippen molar-refractivity contribution in [2.75, 3.05) is 20.2 Å². The number of nitrogens with zero attached hydrogens (tertiary/aromatic N) is 1. The minimum atomic E-state index is 0.156. The van der Waals surface area contributed by atoms with E-state index >= 15 is 0 Å². The second-order valence-electron chi connectivity index (χ2n) is 5.28.